The molecule has 0 saturated heterocycles. The highest BCUT2D eigenvalue weighted by Gasteiger charge is 2.11. The minimum atomic E-state index is -0.457. The first-order valence-corrected chi connectivity index (χ1v) is 6.62. The third-order valence-electron chi connectivity index (χ3n) is 2.62. The van der Waals surface area contributed by atoms with Gasteiger partial charge in [-0.05, 0) is 24.1 Å². The van der Waals surface area contributed by atoms with Crippen molar-refractivity contribution in [3.8, 4) is 0 Å². The fourth-order valence-corrected chi connectivity index (χ4v) is 2.17. The fraction of sp³-hybridized carbons (Fsp3) is 0.538. The lowest BCUT2D eigenvalue weighted by Crippen LogP contribution is -2.32. The van der Waals surface area contributed by atoms with Gasteiger partial charge in [-0.25, -0.2) is 0 Å². The Kier molecular flexibility index (Phi) is 6.73. The zero-order chi connectivity index (χ0) is 12.7. The standard InChI is InChI=1S/C13H20BrNO2/c1-3-13(15-8-12(16)9-17-2)10-5-4-6-11(14)7-10/h4-7,12-13,15-16H,3,8-9H2,1-2H3. The fourth-order valence-electron chi connectivity index (χ4n) is 1.75. The third-order valence-corrected chi connectivity index (χ3v) is 3.11. The summed E-state index contributed by atoms with van der Waals surface area (Å²) in [5.41, 5.74) is 1.23. The largest absolute Gasteiger partial charge is 0.389 e. The van der Waals surface area contributed by atoms with Crippen LogP contribution in [0.25, 0.3) is 0 Å². The van der Waals surface area contributed by atoms with E-state index in [9.17, 15) is 5.11 Å². The zero-order valence-electron chi connectivity index (χ0n) is 10.3. The average molecular weight is 302 g/mol. The van der Waals surface area contributed by atoms with Gasteiger partial charge < -0.3 is 15.2 Å². The average Bonchev–Trinajstić information content (AvgIpc) is 2.30. The molecule has 0 aliphatic rings. The van der Waals surface area contributed by atoms with Gasteiger partial charge in [0.2, 0.25) is 0 Å². The molecule has 0 radical (unpaired) electrons. The summed E-state index contributed by atoms with van der Waals surface area (Å²) >= 11 is 3.47. The summed E-state index contributed by atoms with van der Waals surface area (Å²) in [4.78, 5) is 0. The van der Waals surface area contributed by atoms with Crippen LogP contribution in [0.2, 0.25) is 0 Å². The Hall–Kier alpha value is -0.420. The topological polar surface area (TPSA) is 41.5 Å². The molecule has 0 aromatic heterocycles. The Morgan fingerprint density at radius 1 is 1.47 bits per heavy atom. The normalized spacial score (nSPS) is 14.6. The predicted octanol–water partition coefficient (Wildman–Crippen LogP) is 2.50. The van der Waals surface area contributed by atoms with E-state index in [1.807, 2.05) is 12.1 Å². The summed E-state index contributed by atoms with van der Waals surface area (Å²) in [5, 5.41) is 12.9. The molecule has 0 spiro atoms. The van der Waals surface area contributed by atoms with Gasteiger partial charge in [0.05, 0.1) is 12.7 Å². The first-order chi connectivity index (χ1) is 8.17. The van der Waals surface area contributed by atoms with Crippen molar-refractivity contribution < 1.29 is 9.84 Å². The highest BCUT2D eigenvalue weighted by Crippen LogP contribution is 2.20. The molecule has 17 heavy (non-hydrogen) atoms. The molecule has 4 heteroatoms. The second-order valence-electron chi connectivity index (χ2n) is 4.03. The molecule has 0 heterocycles. The van der Waals surface area contributed by atoms with E-state index in [-0.39, 0.29) is 6.04 Å². The highest BCUT2D eigenvalue weighted by molar-refractivity contribution is 9.10. The van der Waals surface area contributed by atoms with Crippen molar-refractivity contribution in [1.29, 1.82) is 0 Å². The number of ether oxygens (including phenoxy) is 1. The maximum atomic E-state index is 9.60. The highest BCUT2D eigenvalue weighted by atomic mass is 79.9. The first kappa shape index (κ1) is 14.6. The second-order valence-corrected chi connectivity index (χ2v) is 4.95. The number of hydrogen-bond acceptors (Lipinski definition) is 3. The van der Waals surface area contributed by atoms with Crippen molar-refractivity contribution in [1.82, 2.24) is 5.32 Å². The van der Waals surface area contributed by atoms with Crippen molar-refractivity contribution in [3.05, 3.63) is 34.3 Å². The van der Waals surface area contributed by atoms with Gasteiger partial charge >= 0.3 is 0 Å². The molecule has 0 saturated carbocycles. The lowest BCUT2D eigenvalue weighted by molar-refractivity contribution is 0.0626. The number of methoxy groups -OCH3 is 1. The van der Waals surface area contributed by atoms with Crippen LogP contribution in [0.5, 0.6) is 0 Å². The smallest absolute Gasteiger partial charge is 0.0897 e. The van der Waals surface area contributed by atoms with Gasteiger partial charge in [0.1, 0.15) is 0 Å². The quantitative estimate of drug-likeness (QED) is 0.813. The van der Waals surface area contributed by atoms with E-state index in [4.69, 9.17) is 4.74 Å². The number of nitrogens with one attached hydrogen (secondary N) is 1. The van der Waals surface area contributed by atoms with Crippen molar-refractivity contribution in [2.45, 2.75) is 25.5 Å². The Labute approximate surface area is 111 Å². The van der Waals surface area contributed by atoms with Gasteiger partial charge in [-0.1, -0.05) is 35.0 Å². The molecule has 2 N–H and O–H groups in total. The lowest BCUT2D eigenvalue weighted by Gasteiger charge is -2.19. The van der Waals surface area contributed by atoms with Crippen LogP contribution >= 0.6 is 15.9 Å². The monoisotopic (exact) mass is 301 g/mol. The van der Waals surface area contributed by atoms with E-state index in [0.717, 1.165) is 10.9 Å². The molecule has 0 aliphatic carbocycles. The van der Waals surface area contributed by atoms with Crippen molar-refractivity contribution in [2.24, 2.45) is 0 Å². The van der Waals surface area contributed by atoms with E-state index < -0.39 is 6.10 Å². The Balaban J connectivity index is 2.54. The van der Waals surface area contributed by atoms with E-state index in [0.29, 0.717) is 13.2 Å². The maximum Gasteiger partial charge on any atom is 0.0897 e. The molecule has 1 rings (SSSR count). The number of benzene rings is 1. The van der Waals surface area contributed by atoms with Gasteiger partial charge in [0, 0.05) is 24.2 Å². The van der Waals surface area contributed by atoms with Crippen LogP contribution in [0.3, 0.4) is 0 Å². The summed E-state index contributed by atoms with van der Waals surface area (Å²) < 4.78 is 5.97. The number of rotatable bonds is 7. The van der Waals surface area contributed by atoms with Crippen LogP contribution in [0.15, 0.2) is 28.7 Å². The summed E-state index contributed by atoms with van der Waals surface area (Å²) in [6.45, 7) is 3.03. The molecule has 0 amide bonds. The van der Waals surface area contributed by atoms with Gasteiger partial charge in [-0.3, -0.25) is 0 Å². The molecule has 1 aromatic carbocycles. The van der Waals surface area contributed by atoms with E-state index in [1.54, 1.807) is 7.11 Å². The molecular formula is C13H20BrNO2. The number of aliphatic hydroxyl groups is 1. The van der Waals surface area contributed by atoms with Crippen LogP contribution in [-0.4, -0.2) is 31.5 Å². The van der Waals surface area contributed by atoms with Gasteiger partial charge in [0.25, 0.3) is 0 Å². The van der Waals surface area contributed by atoms with Crippen molar-refractivity contribution in [2.75, 3.05) is 20.3 Å². The molecule has 2 atom stereocenters. The third kappa shape index (κ3) is 5.17. The molecule has 3 nitrogen and oxygen atoms in total. The second kappa shape index (κ2) is 7.82. The van der Waals surface area contributed by atoms with Crippen molar-refractivity contribution in [3.63, 3.8) is 0 Å². The minimum Gasteiger partial charge on any atom is -0.389 e. The zero-order valence-corrected chi connectivity index (χ0v) is 11.9. The van der Waals surface area contributed by atoms with E-state index in [1.165, 1.54) is 5.56 Å². The summed E-state index contributed by atoms with van der Waals surface area (Å²) in [7, 11) is 1.59. The SMILES string of the molecule is CCC(NCC(O)COC)c1cccc(Br)c1. The minimum absolute atomic E-state index is 0.263. The number of hydrogen-bond donors (Lipinski definition) is 2. The summed E-state index contributed by atoms with van der Waals surface area (Å²) in [6.07, 6.45) is 0.525. The number of halogens is 1. The molecule has 96 valence electrons. The van der Waals surface area contributed by atoms with Gasteiger partial charge in [0.15, 0.2) is 0 Å². The van der Waals surface area contributed by atoms with E-state index in [2.05, 4.69) is 40.3 Å². The molecule has 1 aromatic rings. The van der Waals surface area contributed by atoms with Crippen LogP contribution in [0.1, 0.15) is 24.9 Å². The van der Waals surface area contributed by atoms with Crippen LogP contribution in [0.4, 0.5) is 0 Å². The summed E-state index contributed by atoms with van der Waals surface area (Å²) in [5.74, 6) is 0. The van der Waals surface area contributed by atoms with Gasteiger partial charge in [-0.15, -0.1) is 0 Å². The summed E-state index contributed by atoms with van der Waals surface area (Å²) in [6, 6.07) is 8.49. The first-order valence-electron chi connectivity index (χ1n) is 5.83. The van der Waals surface area contributed by atoms with Crippen molar-refractivity contribution >= 4 is 15.9 Å². The number of aliphatic hydroxyl groups excluding tert-OH is 1. The Morgan fingerprint density at radius 3 is 2.82 bits per heavy atom. The Bertz CT molecular complexity index is 333. The lowest BCUT2D eigenvalue weighted by atomic mass is 10.0. The maximum absolute atomic E-state index is 9.60. The molecular weight excluding hydrogens is 282 g/mol. The van der Waals surface area contributed by atoms with Crippen LogP contribution in [-0.2, 0) is 4.74 Å². The van der Waals surface area contributed by atoms with Crippen LogP contribution < -0.4 is 5.32 Å². The Morgan fingerprint density at radius 2 is 2.24 bits per heavy atom. The van der Waals surface area contributed by atoms with Crippen LogP contribution in [0, 0.1) is 0 Å². The molecule has 0 fully saturated rings. The van der Waals surface area contributed by atoms with Gasteiger partial charge in [-0.2, -0.15) is 0 Å². The molecule has 0 bridgehead atoms. The molecule has 0 aliphatic heterocycles. The predicted molar refractivity (Wildman–Crippen MR) is 73.1 cm³/mol. The van der Waals surface area contributed by atoms with E-state index >= 15 is 0 Å². The molecule has 2 unspecified atom stereocenters.